The van der Waals surface area contributed by atoms with Gasteiger partial charge in [-0.25, -0.2) is 0 Å². The van der Waals surface area contributed by atoms with Gasteiger partial charge in [-0.2, -0.15) is 0 Å². The van der Waals surface area contributed by atoms with Crippen molar-refractivity contribution >= 4 is 11.6 Å². The van der Waals surface area contributed by atoms with E-state index in [9.17, 15) is 0 Å². The van der Waals surface area contributed by atoms with Crippen LogP contribution in [0, 0.1) is 6.07 Å². The van der Waals surface area contributed by atoms with Crippen molar-refractivity contribution in [1.29, 1.82) is 0 Å². The van der Waals surface area contributed by atoms with Gasteiger partial charge in [0.05, 0.1) is 5.02 Å². The van der Waals surface area contributed by atoms with E-state index >= 15 is 0 Å². The minimum absolute atomic E-state index is 0.637. The van der Waals surface area contributed by atoms with Crippen molar-refractivity contribution < 1.29 is 4.74 Å². The topological polar surface area (TPSA) is 12.5 Å². The molecular weight excluding hydrogens is 186 g/mol. The Balaban J connectivity index is 2.41. The Bertz CT molecular complexity index is 263. The van der Waals surface area contributed by atoms with Crippen molar-refractivity contribution in [1.82, 2.24) is 4.90 Å². The van der Waals surface area contributed by atoms with Gasteiger partial charge in [0.2, 0.25) is 0 Å². The molecule has 13 heavy (non-hydrogen) atoms. The Morgan fingerprint density at radius 3 is 2.92 bits per heavy atom. The molecule has 0 bridgehead atoms. The summed E-state index contributed by atoms with van der Waals surface area (Å²) in [4.78, 5) is 2.06. The molecule has 0 aliphatic heterocycles. The molecule has 0 saturated heterocycles. The predicted molar refractivity (Wildman–Crippen MR) is 54.3 cm³/mol. The highest BCUT2D eigenvalue weighted by molar-refractivity contribution is 6.32. The first-order valence-corrected chi connectivity index (χ1v) is 4.51. The van der Waals surface area contributed by atoms with Gasteiger partial charge >= 0.3 is 0 Å². The lowest BCUT2D eigenvalue weighted by atomic mass is 10.3. The molecule has 1 rings (SSSR count). The summed E-state index contributed by atoms with van der Waals surface area (Å²) < 4.78 is 5.44. The predicted octanol–water partition coefficient (Wildman–Crippen LogP) is 2.08. The van der Waals surface area contributed by atoms with Crippen molar-refractivity contribution in [2.45, 2.75) is 0 Å². The van der Waals surface area contributed by atoms with Crippen molar-refractivity contribution in [2.24, 2.45) is 0 Å². The van der Waals surface area contributed by atoms with Crippen molar-refractivity contribution in [3.8, 4) is 5.75 Å². The third kappa shape index (κ3) is 3.66. The minimum atomic E-state index is 0.637. The average molecular weight is 199 g/mol. The number of hydrogen-bond acceptors (Lipinski definition) is 2. The van der Waals surface area contributed by atoms with Crippen LogP contribution in [-0.2, 0) is 0 Å². The van der Waals surface area contributed by atoms with Crippen LogP contribution < -0.4 is 4.74 Å². The highest BCUT2D eigenvalue weighted by Crippen LogP contribution is 2.22. The third-order valence-electron chi connectivity index (χ3n) is 1.57. The van der Waals surface area contributed by atoms with E-state index in [-0.39, 0.29) is 0 Å². The molecule has 0 aliphatic rings. The molecule has 71 valence electrons. The van der Waals surface area contributed by atoms with E-state index in [0.29, 0.717) is 17.4 Å². The van der Waals surface area contributed by atoms with Crippen LogP contribution in [0.1, 0.15) is 0 Å². The van der Waals surface area contributed by atoms with E-state index in [0.717, 1.165) is 6.54 Å². The maximum Gasteiger partial charge on any atom is 0.138 e. The molecule has 0 spiro atoms. The molecule has 0 atom stereocenters. The number of ether oxygens (including phenoxy) is 1. The van der Waals surface area contributed by atoms with Crippen LogP contribution >= 0.6 is 11.6 Å². The Morgan fingerprint density at radius 2 is 2.31 bits per heavy atom. The van der Waals surface area contributed by atoms with E-state index in [1.165, 1.54) is 0 Å². The summed E-state index contributed by atoms with van der Waals surface area (Å²) in [5.74, 6) is 0.700. The smallest absolute Gasteiger partial charge is 0.138 e. The molecule has 0 N–H and O–H groups in total. The fraction of sp³-hybridized carbons (Fsp3) is 0.400. The van der Waals surface area contributed by atoms with Crippen molar-refractivity contribution in [3.63, 3.8) is 0 Å². The van der Waals surface area contributed by atoms with Gasteiger partial charge in [0.1, 0.15) is 12.4 Å². The fourth-order valence-electron chi connectivity index (χ4n) is 0.845. The summed E-state index contributed by atoms with van der Waals surface area (Å²) in [6, 6.07) is 8.20. The highest BCUT2D eigenvalue weighted by atomic mass is 35.5. The Labute approximate surface area is 84.1 Å². The largest absolute Gasteiger partial charge is 0.491 e. The first-order valence-electron chi connectivity index (χ1n) is 4.13. The molecule has 0 heterocycles. The molecule has 0 unspecified atom stereocenters. The quantitative estimate of drug-likeness (QED) is 0.735. The minimum Gasteiger partial charge on any atom is -0.491 e. The van der Waals surface area contributed by atoms with Crippen LogP contribution in [0.3, 0.4) is 0 Å². The molecule has 2 nitrogen and oxygen atoms in total. The van der Waals surface area contributed by atoms with Crippen LogP contribution in [0.5, 0.6) is 5.75 Å². The molecule has 0 amide bonds. The van der Waals surface area contributed by atoms with Crippen LogP contribution in [0.4, 0.5) is 0 Å². The maximum atomic E-state index is 5.88. The first-order chi connectivity index (χ1) is 6.20. The molecule has 1 aromatic carbocycles. The van der Waals surface area contributed by atoms with Gasteiger partial charge in [-0.1, -0.05) is 17.7 Å². The Kier molecular flexibility index (Phi) is 4.06. The lowest BCUT2D eigenvalue weighted by Crippen LogP contribution is -2.19. The standard InChI is InChI=1S/C10H13ClNO/c1-12(2)7-8-13-10-6-4-3-5-9(10)11/h3,5-6H,7-8H2,1-2H3. The number of halogens is 1. The van der Waals surface area contributed by atoms with Crippen LogP contribution in [-0.4, -0.2) is 32.1 Å². The van der Waals surface area contributed by atoms with Gasteiger partial charge < -0.3 is 9.64 Å². The molecule has 1 radical (unpaired) electrons. The monoisotopic (exact) mass is 198 g/mol. The highest BCUT2D eigenvalue weighted by Gasteiger charge is 1.99. The molecule has 0 fully saturated rings. The number of hydrogen-bond donors (Lipinski definition) is 0. The first kappa shape index (κ1) is 10.4. The molecule has 0 aliphatic carbocycles. The van der Waals surface area contributed by atoms with Crippen LogP contribution in [0.15, 0.2) is 18.2 Å². The third-order valence-corrected chi connectivity index (χ3v) is 1.88. The molecular formula is C10H13ClNO. The number of benzene rings is 1. The zero-order valence-electron chi connectivity index (χ0n) is 7.88. The van der Waals surface area contributed by atoms with Crippen LogP contribution in [0.25, 0.3) is 0 Å². The second-order valence-electron chi connectivity index (χ2n) is 3.01. The maximum absolute atomic E-state index is 5.88. The Morgan fingerprint density at radius 1 is 1.54 bits per heavy atom. The summed E-state index contributed by atoms with van der Waals surface area (Å²) in [5.41, 5.74) is 0. The summed E-state index contributed by atoms with van der Waals surface area (Å²) in [6.07, 6.45) is 0. The van der Waals surface area contributed by atoms with Gasteiger partial charge in [-0.15, -0.1) is 0 Å². The number of nitrogens with zero attached hydrogens (tertiary/aromatic N) is 1. The zero-order chi connectivity index (χ0) is 9.68. The zero-order valence-corrected chi connectivity index (χ0v) is 8.64. The average Bonchev–Trinajstić information content (AvgIpc) is 2.08. The van der Waals surface area contributed by atoms with E-state index in [1.54, 1.807) is 18.2 Å². The summed E-state index contributed by atoms with van der Waals surface area (Å²) in [6.45, 7) is 1.52. The molecule has 1 aromatic rings. The van der Waals surface area contributed by atoms with Crippen LogP contribution in [0.2, 0.25) is 5.02 Å². The lowest BCUT2D eigenvalue weighted by Gasteiger charge is -2.11. The van der Waals surface area contributed by atoms with E-state index in [1.807, 2.05) is 14.1 Å². The molecule has 3 heteroatoms. The van der Waals surface area contributed by atoms with Crippen molar-refractivity contribution in [2.75, 3.05) is 27.2 Å². The second kappa shape index (κ2) is 5.10. The number of rotatable bonds is 4. The summed E-state index contributed by atoms with van der Waals surface area (Å²) >= 11 is 5.88. The van der Waals surface area contributed by atoms with Gasteiger partial charge in [0.25, 0.3) is 0 Å². The Hall–Kier alpha value is -0.730. The normalized spacial score (nSPS) is 10.5. The van der Waals surface area contributed by atoms with Gasteiger partial charge in [-0.3, -0.25) is 0 Å². The van der Waals surface area contributed by atoms with Gasteiger partial charge in [0.15, 0.2) is 0 Å². The number of likely N-dealkylation sites (N-methyl/N-ethyl adjacent to an activating group) is 1. The summed E-state index contributed by atoms with van der Waals surface area (Å²) in [5, 5.41) is 0.637. The van der Waals surface area contributed by atoms with E-state index in [4.69, 9.17) is 16.3 Å². The fourth-order valence-corrected chi connectivity index (χ4v) is 1.02. The SMILES string of the molecule is CN(C)CCOc1c[c]ccc1Cl. The lowest BCUT2D eigenvalue weighted by molar-refractivity contribution is 0.261. The van der Waals surface area contributed by atoms with E-state index < -0.39 is 0 Å². The molecule has 0 aromatic heterocycles. The second-order valence-corrected chi connectivity index (χ2v) is 3.42. The van der Waals surface area contributed by atoms with Gasteiger partial charge in [0, 0.05) is 6.54 Å². The van der Waals surface area contributed by atoms with E-state index in [2.05, 4.69) is 11.0 Å². The van der Waals surface area contributed by atoms with Gasteiger partial charge in [-0.05, 0) is 32.3 Å². The van der Waals surface area contributed by atoms with Crippen molar-refractivity contribution in [3.05, 3.63) is 29.3 Å². The summed E-state index contributed by atoms with van der Waals surface area (Å²) in [7, 11) is 4.00. The molecule has 0 saturated carbocycles.